The monoisotopic (exact) mass is 465 g/mol. The maximum Gasteiger partial charge on any atom is 0.534 e. The smallest absolute Gasteiger partial charge is 0.465 e. The standard InChI is InChI=1S/C20H26F3NO6S/c1-18(2,3)16-15(12-19(29-16)7-9-24(10-8-19)17(25)26)13-5-4-6-14(11-13)30-31(27,28)20(21,22)23/h4-6,11,15-16H,7-10,12H2,1-3H3,(H,25,26)/t15-,16?/m0/s1. The highest BCUT2D eigenvalue weighted by Crippen LogP contribution is 2.51. The van der Waals surface area contributed by atoms with Gasteiger partial charge in [-0.25, -0.2) is 4.79 Å². The number of amides is 1. The minimum Gasteiger partial charge on any atom is -0.465 e. The van der Waals surface area contributed by atoms with Gasteiger partial charge in [-0.05, 0) is 42.4 Å². The highest BCUT2D eigenvalue weighted by molar-refractivity contribution is 7.88. The molecule has 174 valence electrons. The second-order valence-electron chi connectivity index (χ2n) is 9.22. The molecule has 2 saturated heterocycles. The third-order valence-corrected chi connectivity index (χ3v) is 6.89. The van der Waals surface area contributed by atoms with E-state index in [2.05, 4.69) is 4.18 Å². The summed E-state index contributed by atoms with van der Waals surface area (Å²) in [4.78, 5) is 12.6. The third-order valence-electron chi connectivity index (χ3n) is 5.91. The Morgan fingerprint density at radius 3 is 2.35 bits per heavy atom. The number of benzene rings is 1. The van der Waals surface area contributed by atoms with Crippen LogP contribution in [0.25, 0.3) is 0 Å². The molecule has 7 nitrogen and oxygen atoms in total. The van der Waals surface area contributed by atoms with Crippen molar-refractivity contribution in [3.05, 3.63) is 29.8 Å². The van der Waals surface area contributed by atoms with Crippen LogP contribution < -0.4 is 4.18 Å². The SMILES string of the molecule is CC(C)(C)C1OC2(CCN(C(=O)O)CC2)C[C@H]1c1cccc(OS(=O)(=O)C(F)(F)F)c1. The molecule has 1 aromatic carbocycles. The molecule has 0 saturated carbocycles. The molecule has 2 aliphatic rings. The van der Waals surface area contributed by atoms with Crippen LogP contribution in [0.3, 0.4) is 0 Å². The van der Waals surface area contributed by atoms with Gasteiger partial charge in [0.25, 0.3) is 0 Å². The molecule has 1 N–H and O–H groups in total. The van der Waals surface area contributed by atoms with E-state index in [0.717, 1.165) is 6.07 Å². The number of ether oxygens (including phenoxy) is 1. The second-order valence-corrected chi connectivity index (χ2v) is 10.8. The number of halogens is 3. The summed E-state index contributed by atoms with van der Waals surface area (Å²) in [6.07, 6.45) is 0.311. The number of piperidine rings is 1. The molecule has 0 radical (unpaired) electrons. The number of alkyl halides is 3. The molecule has 11 heteroatoms. The summed E-state index contributed by atoms with van der Waals surface area (Å²) in [5, 5.41) is 9.20. The van der Waals surface area contributed by atoms with Gasteiger partial charge in [0.2, 0.25) is 0 Å². The first-order valence-corrected chi connectivity index (χ1v) is 11.3. The van der Waals surface area contributed by atoms with Gasteiger partial charge in [-0.1, -0.05) is 32.9 Å². The Balaban J connectivity index is 1.88. The number of likely N-dealkylation sites (tertiary alicyclic amines) is 1. The summed E-state index contributed by atoms with van der Waals surface area (Å²) in [5.41, 5.74) is -5.75. The maximum atomic E-state index is 12.7. The van der Waals surface area contributed by atoms with Crippen molar-refractivity contribution in [3.63, 3.8) is 0 Å². The first-order valence-electron chi connectivity index (χ1n) is 9.90. The second kappa shape index (κ2) is 7.84. The van der Waals surface area contributed by atoms with Crippen LogP contribution in [0.15, 0.2) is 24.3 Å². The Morgan fingerprint density at radius 2 is 1.84 bits per heavy atom. The topological polar surface area (TPSA) is 93.1 Å². The molecule has 1 spiro atoms. The summed E-state index contributed by atoms with van der Waals surface area (Å²) in [5.74, 6) is -0.627. The highest BCUT2D eigenvalue weighted by Gasteiger charge is 2.52. The zero-order valence-corrected chi connectivity index (χ0v) is 18.3. The lowest BCUT2D eigenvalue weighted by molar-refractivity contribution is -0.105. The van der Waals surface area contributed by atoms with Crippen molar-refractivity contribution in [2.45, 2.75) is 63.2 Å². The molecule has 2 aliphatic heterocycles. The van der Waals surface area contributed by atoms with Gasteiger partial charge in [0.05, 0.1) is 11.7 Å². The molecular formula is C20H26F3NO6S. The number of carbonyl (C=O) groups is 1. The zero-order chi connectivity index (χ0) is 23.2. The summed E-state index contributed by atoms with van der Waals surface area (Å²) in [6.45, 7) is 6.65. The van der Waals surface area contributed by atoms with Crippen LogP contribution in [-0.2, 0) is 14.9 Å². The molecule has 3 rings (SSSR count). The van der Waals surface area contributed by atoms with Gasteiger partial charge in [-0.2, -0.15) is 21.6 Å². The molecule has 2 atom stereocenters. The van der Waals surface area contributed by atoms with E-state index in [1.54, 1.807) is 6.07 Å². The lowest BCUT2D eigenvalue weighted by Crippen LogP contribution is -2.46. The fourth-order valence-corrected chi connectivity index (χ4v) is 4.83. The molecule has 1 unspecified atom stereocenters. The van der Waals surface area contributed by atoms with E-state index in [1.807, 2.05) is 20.8 Å². The van der Waals surface area contributed by atoms with E-state index in [0.29, 0.717) is 37.9 Å². The van der Waals surface area contributed by atoms with Crippen LogP contribution in [0.1, 0.15) is 51.5 Å². The summed E-state index contributed by atoms with van der Waals surface area (Å²) < 4.78 is 71.6. The first-order chi connectivity index (χ1) is 14.1. The lowest BCUT2D eigenvalue weighted by atomic mass is 9.75. The number of hydrogen-bond donors (Lipinski definition) is 1. The number of nitrogens with zero attached hydrogens (tertiary/aromatic N) is 1. The van der Waals surface area contributed by atoms with Crippen LogP contribution in [0.5, 0.6) is 5.75 Å². The van der Waals surface area contributed by atoms with E-state index in [-0.39, 0.29) is 17.4 Å². The zero-order valence-electron chi connectivity index (χ0n) is 17.5. The van der Waals surface area contributed by atoms with E-state index >= 15 is 0 Å². The van der Waals surface area contributed by atoms with Crippen molar-refractivity contribution in [2.24, 2.45) is 5.41 Å². The predicted octanol–water partition coefficient (Wildman–Crippen LogP) is 4.35. The molecule has 0 aliphatic carbocycles. The summed E-state index contributed by atoms with van der Waals surface area (Å²) in [6, 6.07) is 5.64. The molecule has 1 aromatic rings. The van der Waals surface area contributed by atoms with Gasteiger partial charge in [0.1, 0.15) is 5.75 Å². The predicted molar refractivity (Wildman–Crippen MR) is 105 cm³/mol. The number of rotatable bonds is 3. The van der Waals surface area contributed by atoms with E-state index in [9.17, 15) is 31.5 Å². The molecular weight excluding hydrogens is 439 g/mol. The minimum absolute atomic E-state index is 0.214. The van der Waals surface area contributed by atoms with Crippen LogP contribution in [0, 0.1) is 5.41 Å². The highest BCUT2D eigenvalue weighted by atomic mass is 32.2. The summed E-state index contributed by atoms with van der Waals surface area (Å²) >= 11 is 0. The quantitative estimate of drug-likeness (QED) is 0.527. The molecule has 2 heterocycles. The van der Waals surface area contributed by atoms with Crippen molar-refractivity contribution in [1.82, 2.24) is 4.90 Å². The largest absolute Gasteiger partial charge is 0.534 e. The van der Waals surface area contributed by atoms with Gasteiger partial charge in [0.15, 0.2) is 0 Å². The average Bonchev–Trinajstić information content (AvgIpc) is 3.01. The molecule has 1 amide bonds. The van der Waals surface area contributed by atoms with Gasteiger partial charge >= 0.3 is 21.7 Å². The number of hydrogen-bond acceptors (Lipinski definition) is 5. The van der Waals surface area contributed by atoms with Crippen LogP contribution in [-0.4, -0.2) is 54.8 Å². The van der Waals surface area contributed by atoms with E-state index in [1.165, 1.54) is 17.0 Å². The van der Waals surface area contributed by atoms with Gasteiger partial charge in [0, 0.05) is 19.0 Å². The van der Waals surface area contributed by atoms with E-state index in [4.69, 9.17) is 4.74 Å². The van der Waals surface area contributed by atoms with Crippen molar-refractivity contribution in [1.29, 1.82) is 0 Å². The number of carboxylic acid groups (broad SMARTS) is 1. The maximum absolute atomic E-state index is 12.7. The van der Waals surface area contributed by atoms with Gasteiger partial charge < -0.3 is 18.9 Å². The van der Waals surface area contributed by atoms with Crippen molar-refractivity contribution in [3.8, 4) is 5.75 Å². The van der Waals surface area contributed by atoms with Crippen LogP contribution in [0.2, 0.25) is 0 Å². The van der Waals surface area contributed by atoms with E-state index < -0.39 is 33.1 Å². The fraction of sp³-hybridized carbons (Fsp3) is 0.650. The van der Waals surface area contributed by atoms with Gasteiger partial charge in [-0.3, -0.25) is 0 Å². The Labute approximate surface area is 179 Å². The van der Waals surface area contributed by atoms with Crippen LogP contribution >= 0.6 is 0 Å². The normalized spacial score (nSPS) is 24.4. The first kappa shape index (κ1) is 23.6. The molecule has 0 aromatic heterocycles. The van der Waals surface area contributed by atoms with Gasteiger partial charge in [-0.15, -0.1) is 0 Å². The van der Waals surface area contributed by atoms with Crippen molar-refractivity contribution >= 4 is 16.2 Å². The fourth-order valence-electron chi connectivity index (χ4n) is 4.38. The Bertz CT molecular complexity index is 933. The minimum atomic E-state index is -5.77. The Kier molecular flexibility index (Phi) is 5.98. The van der Waals surface area contributed by atoms with Crippen molar-refractivity contribution in [2.75, 3.05) is 13.1 Å². The van der Waals surface area contributed by atoms with Crippen LogP contribution in [0.4, 0.5) is 18.0 Å². The molecule has 0 bridgehead atoms. The van der Waals surface area contributed by atoms with Crippen molar-refractivity contribution < 1.29 is 40.4 Å². The lowest BCUT2D eigenvalue weighted by Gasteiger charge is -2.39. The Morgan fingerprint density at radius 1 is 1.23 bits per heavy atom. The average molecular weight is 465 g/mol. The molecule has 31 heavy (non-hydrogen) atoms. The Hall–Kier alpha value is -2.01. The summed E-state index contributed by atoms with van der Waals surface area (Å²) in [7, 11) is -5.77. The molecule has 2 fully saturated rings. The third kappa shape index (κ3) is 4.92.